The quantitative estimate of drug-likeness (QED) is 0.0222. The molecule has 498 valence electrons. The first-order valence-corrected chi connectivity index (χ1v) is 36.9. The van der Waals surface area contributed by atoms with Crippen LogP contribution in [0.25, 0.3) is 0 Å². The molecular formula is C65H126O17P2. The molecule has 17 nitrogen and oxygen atoms in total. The van der Waals surface area contributed by atoms with Crippen LogP contribution in [0.5, 0.6) is 0 Å². The van der Waals surface area contributed by atoms with Crippen LogP contribution in [0.4, 0.5) is 0 Å². The zero-order chi connectivity index (χ0) is 62.4. The number of rotatable bonds is 63. The van der Waals surface area contributed by atoms with Gasteiger partial charge in [0.15, 0.2) is 12.2 Å². The van der Waals surface area contributed by atoms with Crippen LogP contribution in [-0.4, -0.2) is 96.7 Å². The van der Waals surface area contributed by atoms with E-state index in [1.54, 1.807) is 0 Å². The Morgan fingerprint density at radius 1 is 0.345 bits per heavy atom. The molecule has 0 aromatic carbocycles. The van der Waals surface area contributed by atoms with Gasteiger partial charge in [-0.15, -0.1) is 0 Å². The van der Waals surface area contributed by atoms with Crippen molar-refractivity contribution >= 4 is 39.5 Å². The molecule has 0 aromatic heterocycles. The van der Waals surface area contributed by atoms with Crippen LogP contribution in [0, 0.1) is 17.8 Å². The monoisotopic (exact) mass is 1240 g/mol. The van der Waals surface area contributed by atoms with Gasteiger partial charge in [-0.05, 0) is 43.4 Å². The first-order valence-electron chi connectivity index (χ1n) is 33.9. The Bertz CT molecular complexity index is 1670. The molecule has 6 atom stereocenters. The second-order valence-corrected chi connectivity index (χ2v) is 27.6. The number of hydrogen-bond donors (Lipinski definition) is 3. The highest BCUT2D eigenvalue weighted by Gasteiger charge is 2.30. The highest BCUT2D eigenvalue weighted by molar-refractivity contribution is 7.47. The van der Waals surface area contributed by atoms with E-state index in [0.29, 0.717) is 25.7 Å². The van der Waals surface area contributed by atoms with E-state index in [9.17, 15) is 43.2 Å². The third-order valence-electron chi connectivity index (χ3n) is 15.2. The molecule has 0 rings (SSSR count). The van der Waals surface area contributed by atoms with Gasteiger partial charge in [-0.3, -0.25) is 37.3 Å². The fourth-order valence-electron chi connectivity index (χ4n) is 9.62. The molecule has 0 saturated carbocycles. The van der Waals surface area contributed by atoms with Crippen molar-refractivity contribution in [2.24, 2.45) is 17.8 Å². The number of phosphoric acid groups is 2. The third kappa shape index (κ3) is 57.8. The molecule has 0 heterocycles. The smallest absolute Gasteiger partial charge is 0.462 e. The first-order chi connectivity index (χ1) is 40.3. The van der Waals surface area contributed by atoms with E-state index in [0.717, 1.165) is 114 Å². The number of carbonyl (C=O) groups is 4. The van der Waals surface area contributed by atoms with Crippen LogP contribution in [0.2, 0.25) is 0 Å². The van der Waals surface area contributed by atoms with E-state index in [1.807, 2.05) is 0 Å². The number of aliphatic hydroxyl groups is 1. The summed E-state index contributed by atoms with van der Waals surface area (Å²) in [5, 5.41) is 10.5. The second kappa shape index (κ2) is 56.3. The van der Waals surface area contributed by atoms with Crippen molar-refractivity contribution in [3.8, 4) is 0 Å². The fraction of sp³-hybridized carbons (Fsp3) is 0.938. The average Bonchev–Trinajstić information content (AvgIpc) is 3.48. The maximum Gasteiger partial charge on any atom is 0.472 e. The van der Waals surface area contributed by atoms with Crippen molar-refractivity contribution in [1.29, 1.82) is 0 Å². The van der Waals surface area contributed by atoms with Crippen molar-refractivity contribution < 1.29 is 80.2 Å². The van der Waals surface area contributed by atoms with Gasteiger partial charge in [0.1, 0.15) is 19.3 Å². The SMILES string of the molecule is CCCCCCCCCCC(=O)OC[C@H](COP(=O)(O)OC[C@H](O)COP(=O)(O)OC[C@@H](COC(=O)CCCCCCCCCCC(C)C)OC(=O)CCCCCCCCCCCCCCC(C)C)OC(=O)CCCCCCCCC(C)CC. The second-order valence-electron chi connectivity index (χ2n) is 24.7. The van der Waals surface area contributed by atoms with E-state index in [-0.39, 0.29) is 25.7 Å². The molecule has 0 fully saturated rings. The Kier molecular flexibility index (Phi) is 55.0. The molecule has 0 saturated heterocycles. The first kappa shape index (κ1) is 82.1. The summed E-state index contributed by atoms with van der Waals surface area (Å²) in [6, 6.07) is 0. The van der Waals surface area contributed by atoms with Crippen LogP contribution in [-0.2, 0) is 65.4 Å². The molecule has 0 aliphatic carbocycles. The molecular weight excluding hydrogens is 1110 g/mol. The Labute approximate surface area is 511 Å². The molecule has 0 aromatic rings. The van der Waals surface area contributed by atoms with Crippen LogP contribution < -0.4 is 0 Å². The van der Waals surface area contributed by atoms with E-state index in [4.69, 9.17) is 37.0 Å². The lowest BCUT2D eigenvalue weighted by Crippen LogP contribution is -2.30. The van der Waals surface area contributed by atoms with Crippen molar-refractivity contribution in [2.45, 2.75) is 336 Å². The summed E-state index contributed by atoms with van der Waals surface area (Å²) in [6.07, 6.45) is 37.7. The summed E-state index contributed by atoms with van der Waals surface area (Å²) in [5.41, 5.74) is 0. The van der Waals surface area contributed by atoms with Gasteiger partial charge in [0.25, 0.3) is 0 Å². The molecule has 0 radical (unpaired) electrons. The standard InChI is InChI=1S/C65H126O17P2/c1-8-10-11-12-13-24-32-39-46-62(67)75-53-61(82-65(70)49-42-35-28-27-31-38-45-58(7)9-2)55-80-84(73,74)78-51-59(66)50-77-83(71,72)79-54-60(52-76-63(68)47-40-33-25-21-20-23-30-37-44-57(5)6)81-64(69)48-41-34-26-19-17-15-14-16-18-22-29-36-43-56(3)4/h56-61,66H,8-55H2,1-7H3,(H,71,72)(H,73,74)/t58?,59-,60-,61-/m1/s1. The third-order valence-corrected chi connectivity index (χ3v) is 17.1. The van der Waals surface area contributed by atoms with Crippen molar-refractivity contribution in [2.75, 3.05) is 39.6 Å². The maximum atomic E-state index is 13.0. The van der Waals surface area contributed by atoms with Crippen molar-refractivity contribution in [1.82, 2.24) is 0 Å². The largest absolute Gasteiger partial charge is 0.472 e. The van der Waals surface area contributed by atoms with Crippen LogP contribution in [0.1, 0.15) is 318 Å². The van der Waals surface area contributed by atoms with Crippen LogP contribution >= 0.6 is 15.6 Å². The number of hydrogen-bond acceptors (Lipinski definition) is 15. The summed E-state index contributed by atoms with van der Waals surface area (Å²) in [4.78, 5) is 72.2. The van der Waals surface area contributed by atoms with Gasteiger partial charge in [-0.1, -0.05) is 267 Å². The molecule has 0 spiro atoms. The summed E-state index contributed by atoms with van der Waals surface area (Å²) >= 11 is 0. The number of esters is 4. The summed E-state index contributed by atoms with van der Waals surface area (Å²) in [7, 11) is -9.89. The summed E-state index contributed by atoms with van der Waals surface area (Å²) in [6.45, 7) is 11.7. The highest BCUT2D eigenvalue weighted by Crippen LogP contribution is 2.45. The molecule has 84 heavy (non-hydrogen) atoms. The minimum Gasteiger partial charge on any atom is -0.462 e. The fourth-order valence-corrected chi connectivity index (χ4v) is 11.2. The van der Waals surface area contributed by atoms with Gasteiger partial charge in [-0.2, -0.15) is 0 Å². The lowest BCUT2D eigenvalue weighted by molar-refractivity contribution is -0.161. The molecule has 0 aliphatic rings. The molecule has 19 heteroatoms. The zero-order valence-corrected chi connectivity index (χ0v) is 56.1. The normalized spacial score (nSPS) is 14.7. The number of aliphatic hydroxyl groups excluding tert-OH is 1. The molecule has 3 N–H and O–H groups in total. The predicted octanol–water partition coefficient (Wildman–Crippen LogP) is 17.9. The molecule has 0 bridgehead atoms. The van der Waals surface area contributed by atoms with Gasteiger partial charge in [0, 0.05) is 25.7 Å². The van der Waals surface area contributed by atoms with E-state index < -0.39 is 97.5 Å². The Morgan fingerprint density at radius 3 is 0.905 bits per heavy atom. The van der Waals surface area contributed by atoms with Crippen molar-refractivity contribution in [3.05, 3.63) is 0 Å². The number of unbranched alkanes of at least 4 members (excludes halogenated alkanes) is 30. The zero-order valence-electron chi connectivity index (χ0n) is 54.4. The lowest BCUT2D eigenvalue weighted by Gasteiger charge is -2.21. The Morgan fingerprint density at radius 2 is 0.607 bits per heavy atom. The van der Waals surface area contributed by atoms with Crippen LogP contribution in [0.15, 0.2) is 0 Å². The minimum absolute atomic E-state index is 0.102. The highest BCUT2D eigenvalue weighted by atomic mass is 31.2. The number of carbonyl (C=O) groups excluding carboxylic acids is 4. The van der Waals surface area contributed by atoms with Gasteiger partial charge in [0.2, 0.25) is 0 Å². The van der Waals surface area contributed by atoms with Crippen LogP contribution in [0.3, 0.4) is 0 Å². The van der Waals surface area contributed by atoms with Gasteiger partial charge >= 0.3 is 39.5 Å². The van der Waals surface area contributed by atoms with Gasteiger partial charge < -0.3 is 33.8 Å². The minimum atomic E-state index is -4.95. The van der Waals surface area contributed by atoms with E-state index in [2.05, 4.69) is 48.5 Å². The molecule has 3 unspecified atom stereocenters. The predicted molar refractivity (Wildman–Crippen MR) is 335 cm³/mol. The van der Waals surface area contributed by atoms with Gasteiger partial charge in [-0.25, -0.2) is 9.13 Å². The topological polar surface area (TPSA) is 237 Å². The summed E-state index contributed by atoms with van der Waals surface area (Å²) in [5.74, 6) is 0.0845. The molecule has 0 aliphatic heterocycles. The number of phosphoric ester groups is 2. The Hall–Kier alpha value is -1.94. The van der Waals surface area contributed by atoms with Crippen molar-refractivity contribution in [3.63, 3.8) is 0 Å². The van der Waals surface area contributed by atoms with E-state index in [1.165, 1.54) is 122 Å². The van der Waals surface area contributed by atoms with E-state index >= 15 is 0 Å². The average molecular weight is 1240 g/mol. The Balaban J connectivity index is 5.23. The van der Waals surface area contributed by atoms with Gasteiger partial charge in [0.05, 0.1) is 26.4 Å². The maximum absolute atomic E-state index is 13.0. The summed E-state index contributed by atoms with van der Waals surface area (Å²) < 4.78 is 68.0. The lowest BCUT2D eigenvalue weighted by atomic mass is 10.00. The molecule has 0 amide bonds. The number of ether oxygens (including phenoxy) is 4.